The lowest BCUT2D eigenvalue weighted by molar-refractivity contribution is -0.145. The molecular weight excluding hydrogens is 354 g/mol. The van der Waals surface area contributed by atoms with Gasteiger partial charge in [-0.15, -0.1) is 24.8 Å². The van der Waals surface area contributed by atoms with Gasteiger partial charge in [0.25, 0.3) is 0 Å². The number of aliphatic carboxylic acids is 1. The molecule has 0 aliphatic carbocycles. The summed E-state index contributed by atoms with van der Waals surface area (Å²) in [7, 11) is 2.09. The van der Waals surface area contributed by atoms with E-state index in [0.29, 0.717) is 13.1 Å². The third-order valence-electron chi connectivity index (χ3n) is 5.32. The molecule has 1 spiro atoms. The molecule has 2 fully saturated rings. The van der Waals surface area contributed by atoms with Crippen molar-refractivity contribution in [3.63, 3.8) is 0 Å². The second-order valence-corrected chi connectivity index (χ2v) is 6.85. The Morgan fingerprint density at radius 3 is 2.38 bits per heavy atom. The molecule has 3 rings (SSSR count). The summed E-state index contributed by atoms with van der Waals surface area (Å²) in [5, 5.41) is 9.63. The first kappa shape index (κ1) is 21.2. The summed E-state index contributed by atoms with van der Waals surface area (Å²) >= 11 is 0. The first-order valence-corrected chi connectivity index (χ1v) is 7.87. The van der Waals surface area contributed by atoms with E-state index in [1.165, 1.54) is 12.1 Å². The van der Waals surface area contributed by atoms with Crippen LogP contribution in [0.25, 0.3) is 0 Å². The summed E-state index contributed by atoms with van der Waals surface area (Å²) in [5.41, 5.74) is 0.939. The number of halogens is 3. The van der Waals surface area contributed by atoms with E-state index < -0.39 is 5.97 Å². The molecule has 24 heavy (non-hydrogen) atoms. The Morgan fingerprint density at radius 2 is 1.83 bits per heavy atom. The molecule has 2 saturated heterocycles. The lowest BCUT2D eigenvalue weighted by Gasteiger charge is -2.40. The Balaban J connectivity index is 0.00000144. The van der Waals surface area contributed by atoms with Crippen LogP contribution in [-0.4, -0.2) is 54.1 Å². The molecule has 2 aliphatic heterocycles. The summed E-state index contributed by atoms with van der Waals surface area (Å²) in [4.78, 5) is 16.2. The molecule has 0 bridgehead atoms. The quantitative estimate of drug-likeness (QED) is 0.877. The van der Waals surface area contributed by atoms with E-state index in [2.05, 4.69) is 16.8 Å². The third kappa shape index (κ3) is 4.39. The van der Waals surface area contributed by atoms with Crippen molar-refractivity contribution in [1.29, 1.82) is 0 Å². The second kappa shape index (κ2) is 8.48. The standard InChI is InChI=1S/C17H23FN2O2.2ClH/c1-19-8-6-17(7-9-19)12-20(11-15(17)16(21)22)10-13-2-4-14(18)5-3-13;;/h2-5,15H,6-12H2,1H3,(H,21,22);2*1H. The lowest BCUT2D eigenvalue weighted by atomic mass is 9.71. The highest BCUT2D eigenvalue weighted by molar-refractivity contribution is 5.85. The summed E-state index contributed by atoms with van der Waals surface area (Å²) in [5.74, 6) is -1.20. The molecule has 0 radical (unpaired) electrons. The van der Waals surface area contributed by atoms with Crippen LogP contribution >= 0.6 is 24.8 Å². The fourth-order valence-corrected chi connectivity index (χ4v) is 3.95. The van der Waals surface area contributed by atoms with Gasteiger partial charge in [0, 0.05) is 25.0 Å². The van der Waals surface area contributed by atoms with E-state index in [4.69, 9.17) is 0 Å². The number of hydrogen-bond donors (Lipinski definition) is 1. The molecular formula is C17H25Cl2FN2O2. The molecule has 1 atom stereocenters. The molecule has 136 valence electrons. The lowest BCUT2D eigenvalue weighted by Crippen LogP contribution is -2.44. The van der Waals surface area contributed by atoms with Gasteiger partial charge in [0.2, 0.25) is 0 Å². The second-order valence-electron chi connectivity index (χ2n) is 6.85. The van der Waals surface area contributed by atoms with Crippen molar-refractivity contribution in [3.8, 4) is 0 Å². The Hall–Kier alpha value is -0.880. The number of piperidine rings is 1. The maximum Gasteiger partial charge on any atom is 0.308 e. The van der Waals surface area contributed by atoms with Crippen LogP contribution in [-0.2, 0) is 11.3 Å². The molecule has 2 aliphatic rings. The van der Waals surface area contributed by atoms with Crippen LogP contribution in [0.2, 0.25) is 0 Å². The van der Waals surface area contributed by atoms with E-state index in [1.807, 2.05) is 0 Å². The largest absolute Gasteiger partial charge is 0.481 e. The van der Waals surface area contributed by atoms with Crippen molar-refractivity contribution in [2.75, 3.05) is 33.2 Å². The number of rotatable bonds is 3. The smallest absolute Gasteiger partial charge is 0.308 e. The zero-order chi connectivity index (χ0) is 15.7. The number of carboxylic acids is 1. The Morgan fingerprint density at radius 1 is 1.25 bits per heavy atom. The average molecular weight is 379 g/mol. The van der Waals surface area contributed by atoms with Gasteiger partial charge in [0.1, 0.15) is 5.82 Å². The number of hydrogen-bond acceptors (Lipinski definition) is 3. The SMILES string of the molecule is CN1CCC2(CC1)CN(Cc1ccc(F)cc1)CC2C(=O)O.Cl.Cl. The number of benzene rings is 1. The first-order chi connectivity index (χ1) is 10.5. The van der Waals surface area contributed by atoms with Crippen LogP contribution in [0.4, 0.5) is 4.39 Å². The summed E-state index contributed by atoms with van der Waals surface area (Å²) in [6, 6.07) is 6.49. The van der Waals surface area contributed by atoms with Gasteiger partial charge in [-0.05, 0) is 50.7 Å². The monoisotopic (exact) mass is 378 g/mol. The molecule has 4 nitrogen and oxygen atoms in total. The molecule has 0 saturated carbocycles. The highest BCUT2D eigenvalue weighted by Gasteiger charge is 2.50. The van der Waals surface area contributed by atoms with Crippen molar-refractivity contribution < 1.29 is 14.3 Å². The Bertz CT molecular complexity index is 548. The number of carbonyl (C=O) groups is 1. The van der Waals surface area contributed by atoms with Crippen LogP contribution in [0.15, 0.2) is 24.3 Å². The maximum absolute atomic E-state index is 13.0. The minimum Gasteiger partial charge on any atom is -0.481 e. The van der Waals surface area contributed by atoms with E-state index in [0.717, 1.165) is 38.0 Å². The van der Waals surface area contributed by atoms with Gasteiger partial charge in [-0.25, -0.2) is 4.39 Å². The van der Waals surface area contributed by atoms with Gasteiger partial charge in [0.15, 0.2) is 0 Å². The average Bonchev–Trinajstić information content (AvgIpc) is 2.83. The van der Waals surface area contributed by atoms with E-state index in [-0.39, 0.29) is 42.0 Å². The summed E-state index contributed by atoms with van der Waals surface area (Å²) in [6.45, 7) is 4.05. The van der Waals surface area contributed by atoms with Gasteiger partial charge < -0.3 is 10.0 Å². The zero-order valence-corrected chi connectivity index (χ0v) is 15.4. The normalized spacial score (nSPS) is 23.5. The van der Waals surface area contributed by atoms with E-state index in [1.54, 1.807) is 12.1 Å². The van der Waals surface area contributed by atoms with Crippen LogP contribution in [0, 0.1) is 17.2 Å². The van der Waals surface area contributed by atoms with Crippen LogP contribution in [0.1, 0.15) is 18.4 Å². The van der Waals surface area contributed by atoms with Crippen molar-refractivity contribution in [3.05, 3.63) is 35.6 Å². The van der Waals surface area contributed by atoms with E-state index >= 15 is 0 Å². The molecule has 0 aromatic heterocycles. The number of likely N-dealkylation sites (tertiary alicyclic amines) is 2. The van der Waals surface area contributed by atoms with E-state index in [9.17, 15) is 14.3 Å². The van der Waals surface area contributed by atoms with Crippen LogP contribution in [0.3, 0.4) is 0 Å². The fraction of sp³-hybridized carbons (Fsp3) is 0.588. The van der Waals surface area contributed by atoms with Crippen molar-refractivity contribution in [2.24, 2.45) is 11.3 Å². The topological polar surface area (TPSA) is 43.8 Å². The number of carboxylic acid groups (broad SMARTS) is 1. The van der Waals surface area contributed by atoms with Crippen LogP contribution < -0.4 is 0 Å². The van der Waals surface area contributed by atoms with Gasteiger partial charge >= 0.3 is 5.97 Å². The molecule has 2 heterocycles. The van der Waals surface area contributed by atoms with Gasteiger partial charge in [-0.1, -0.05) is 12.1 Å². The minimum absolute atomic E-state index is 0. The molecule has 0 amide bonds. The molecule has 7 heteroatoms. The third-order valence-corrected chi connectivity index (χ3v) is 5.32. The predicted molar refractivity (Wildman–Crippen MR) is 96.5 cm³/mol. The maximum atomic E-state index is 13.0. The molecule has 1 N–H and O–H groups in total. The molecule has 1 aromatic carbocycles. The van der Waals surface area contributed by atoms with Gasteiger partial charge in [-0.2, -0.15) is 0 Å². The summed E-state index contributed by atoms with van der Waals surface area (Å²) in [6.07, 6.45) is 1.89. The first-order valence-electron chi connectivity index (χ1n) is 7.87. The Labute approximate surface area is 154 Å². The fourth-order valence-electron chi connectivity index (χ4n) is 3.95. The van der Waals surface area contributed by atoms with Crippen molar-refractivity contribution in [2.45, 2.75) is 19.4 Å². The number of nitrogens with zero attached hydrogens (tertiary/aromatic N) is 2. The molecule has 1 aromatic rings. The van der Waals surface area contributed by atoms with Gasteiger partial charge in [-0.3, -0.25) is 9.69 Å². The van der Waals surface area contributed by atoms with Crippen molar-refractivity contribution >= 4 is 30.8 Å². The minimum atomic E-state index is -0.675. The zero-order valence-electron chi connectivity index (χ0n) is 13.8. The van der Waals surface area contributed by atoms with Gasteiger partial charge in [0.05, 0.1) is 5.92 Å². The highest BCUT2D eigenvalue weighted by Crippen LogP contribution is 2.45. The highest BCUT2D eigenvalue weighted by atomic mass is 35.5. The molecule has 1 unspecified atom stereocenters. The summed E-state index contributed by atoms with van der Waals surface area (Å²) < 4.78 is 13.0. The predicted octanol–water partition coefficient (Wildman–Crippen LogP) is 2.90. The van der Waals surface area contributed by atoms with Crippen molar-refractivity contribution in [1.82, 2.24) is 9.80 Å². The Kier molecular flexibility index (Phi) is 7.47. The van der Waals surface area contributed by atoms with Crippen LogP contribution in [0.5, 0.6) is 0 Å².